The van der Waals surface area contributed by atoms with E-state index in [9.17, 15) is 13.2 Å². The van der Waals surface area contributed by atoms with Crippen molar-refractivity contribution >= 4 is 11.6 Å². The first-order valence-corrected chi connectivity index (χ1v) is 9.97. The molecule has 0 saturated carbocycles. The Morgan fingerprint density at radius 3 is 2.15 bits per heavy atom. The molecule has 0 fully saturated rings. The highest BCUT2D eigenvalue weighted by Gasteiger charge is 2.20. The van der Waals surface area contributed by atoms with E-state index in [4.69, 9.17) is 16.3 Å². The van der Waals surface area contributed by atoms with Crippen LogP contribution in [-0.2, 0) is 6.42 Å². The molecule has 0 heterocycles. The lowest BCUT2D eigenvalue weighted by atomic mass is 9.99. The topological polar surface area (TPSA) is 9.23 Å². The van der Waals surface area contributed by atoms with Gasteiger partial charge < -0.3 is 4.74 Å². The fraction of sp³-hybridized carbons (Fsp3) is 0.455. The highest BCUT2D eigenvalue weighted by molar-refractivity contribution is 6.31. The Balaban J connectivity index is 2.25. The second-order valence-electron chi connectivity index (χ2n) is 6.65. The summed E-state index contributed by atoms with van der Waals surface area (Å²) in [5, 5.41) is -0.0212. The Kier molecular flexibility index (Phi) is 8.49. The third-order valence-corrected chi connectivity index (χ3v) is 4.96. The van der Waals surface area contributed by atoms with E-state index in [0.29, 0.717) is 18.6 Å². The number of ether oxygens (including phenoxy) is 1. The maximum atomic E-state index is 14.7. The van der Waals surface area contributed by atoms with Gasteiger partial charge in [-0.05, 0) is 37.0 Å². The van der Waals surface area contributed by atoms with Gasteiger partial charge in [0, 0.05) is 11.1 Å². The second-order valence-corrected chi connectivity index (χ2v) is 7.03. The summed E-state index contributed by atoms with van der Waals surface area (Å²) in [5.74, 6) is -3.12. The summed E-state index contributed by atoms with van der Waals surface area (Å²) >= 11 is 6.15. The average Bonchev–Trinajstić information content (AvgIpc) is 2.66. The Bertz CT molecular complexity index is 762. The van der Waals surface area contributed by atoms with Crippen LogP contribution in [-0.4, -0.2) is 6.61 Å². The monoisotopic (exact) mass is 398 g/mol. The standard InChI is InChI=1S/C22H26ClF3O/c1-3-5-7-8-9-15-10-11-16(20(24)19(15)23)17-12-13-18(22(26)21(17)25)27-14-6-4-2/h10-13H,3-9,14H2,1-2H3. The van der Waals surface area contributed by atoms with Crippen molar-refractivity contribution in [2.24, 2.45) is 0 Å². The first-order chi connectivity index (χ1) is 13.0. The van der Waals surface area contributed by atoms with Gasteiger partial charge in [0.1, 0.15) is 5.82 Å². The van der Waals surface area contributed by atoms with Gasteiger partial charge in [0.05, 0.1) is 11.6 Å². The van der Waals surface area contributed by atoms with Crippen molar-refractivity contribution in [2.75, 3.05) is 6.61 Å². The molecular formula is C22H26ClF3O. The van der Waals surface area contributed by atoms with E-state index in [-0.39, 0.29) is 21.9 Å². The summed E-state index contributed by atoms with van der Waals surface area (Å²) < 4.78 is 48.7. The van der Waals surface area contributed by atoms with Gasteiger partial charge in [-0.25, -0.2) is 8.78 Å². The normalized spacial score (nSPS) is 11.0. The molecule has 2 aromatic carbocycles. The van der Waals surface area contributed by atoms with Gasteiger partial charge in [-0.15, -0.1) is 0 Å². The van der Waals surface area contributed by atoms with Crippen molar-refractivity contribution < 1.29 is 17.9 Å². The minimum atomic E-state index is -1.13. The number of rotatable bonds is 10. The van der Waals surface area contributed by atoms with Crippen LogP contribution in [0.15, 0.2) is 24.3 Å². The van der Waals surface area contributed by atoms with Gasteiger partial charge in [-0.2, -0.15) is 4.39 Å². The predicted molar refractivity (Wildman–Crippen MR) is 105 cm³/mol. The molecule has 0 aliphatic rings. The van der Waals surface area contributed by atoms with Crippen LogP contribution in [0.3, 0.4) is 0 Å². The zero-order valence-corrected chi connectivity index (χ0v) is 16.6. The number of unbranched alkanes of at least 4 members (excludes halogenated alkanes) is 4. The molecule has 148 valence electrons. The number of aryl methyl sites for hydroxylation is 1. The van der Waals surface area contributed by atoms with Crippen LogP contribution in [0.4, 0.5) is 13.2 Å². The summed E-state index contributed by atoms with van der Waals surface area (Å²) in [6.07, 6.45) is 6.49. The summed E-state index contributed by atoms with van der Waals surface area (Å²) in [7, 11) is 0. The first kappa shape index (κ1) is 21.6. The third-order valence-electron chi connectivity index (χ3n) is 4.55. The Morgan fingerprint density at radius 1 is 0.778 bits per heavy atom. The van der Waals surface area contributed by atoms with Gasteiger partial charge >= 0.3 is 0 Å². The summed E-state index contributed by atoms with van der Waals surface area (Å²) in [4.78, 5) is 0. The molecule has 0 unspecified atom stereocenters. The van der Waals surface area contributed by atoms with E-state index in [2.05, 4.69) is 6.92 Å². The van der Waals surface area contributed by atoms with Crippen LogP contribution in [0.1, 0.15) is 57.9 Å². The van der Waals surface area contributed by atoms with Crippen LogP contribution in [0.25, 0.3) is 11.1 Å². The molecule has 0 atom stereocenters. The lowest BCUT2D eigenvalue weighted by molar-refractivity contribution is 0.289. The van der Waals surface area contributed by atoms with Crippen LogP contribution < -0.4 is 4.74 Å². The molecule has 0 spiro atoms. The molecular weight excluding hydrogens is 373 g/mol. The number of hydrogen-bond acceptors (Lipinski definition) is 1. The molecule has 5 heteroatoms. The molecule has 0 aliphatic carbocycles. The Labute approximate surface area is 164 Å². The zero-order valence-electron chi connectivity index (χ0n) is 15.9. The number of benzene rings is 2. The Hall–Kier alpha value is -1.68. The van der Waals surface area contributed by atoms with Crippen LogP contribution in [0, 0.1) is 17.5 Å². The van der Waals surface area contributed by atoms with E-state index in [0.717, 1.165) is 38.5 Å². The molecule has 0 amide bonds. The minimum Gasteiger partial charge on any atom is -0.490 e. The summed E-state index contributed by atoms with van der Waals surface area (Å²) in [5.41, 5.74) is 0.482. The van der Waals surface area contributed by atoms with Crippen molar-refractivity contribution in [3.8, 4) is 16.9 Å². The fourth-order valence-electron chi connectivity index (χ4n) is 2.91. The largest absolute Gasteiger partial charge is 0.490 e. The highest BCUT2D eigenvalue weighted by Crippen LogP contribution is 2.35. The predicted octanol–water partition coefficient (Wildman–Crippen LogP) is 7.73. The molecule has 0 radical (unpaired) electrons. The van der Waals surface area contributed by atoms with Crippen LogP contribution in [0.5, 0.6) is 5.75 Å². The summed E-state index contributed by atoms with van der Waals surface area (Å²) in [6.45, 7) is 4.40. The van der Waals surface area contributed by atoms with Gasteiger partial charge in [0.2, 0.25) is 5.82 Å². The molecule has 0 N–H and O–H groups in total. The molecule has 0 bridgehead atoms. The Morgan fingerprint density at radius 2 is 1.44 bits per heavy atom. The van der Waals surface area contributed by atoms with Crippen molar-refractivity contribution in [1.29, 1.82) is 0 Å². The number of hydrogen-bond donors (Lipinski definition) is 0. The SMILES string of the molecule is CCCCCCc1ccc(-c2ccc(OCCCC)c(F)c2F)c(F)c1Cl. The van der Waals surface area contributed by atoms with E-state index in [1.165, 1.54) is 18.2 Å². The molecule has 0 saturated heterocycles. The molecule has 0 aromatic heterocycles. The van der Waals surface area contributed by atoms with Crippen LogP contribution in [0.2, 0.25) is 5.02 Å². The lowest BCUT2D eigenvalue weighted by Crippen LogP contribution is -2.02. The van der Waals surface area contributed by atoms with E-state index >= 15 is 0 Å². The van der Waals surface area contributed by atoms with Gasteiger partial charge in [0.15, 0.2) is 11.6 Å². The molecule has 1 nitrogen and oxygen atoms in total. The fourth-order valence-corrected chi connectivity index (χ4v) is 3.17. The van der Waals surface area contributed by atoms with Gasteiger partial charge in [-0.1, -0.05) is 63.3 Å². The molecule has 27 heavy (non-hydrogen) atoms. The van der Waals surface area contributed by atoms with E-state index in [1.807, 2.05) is 6.92 Å². The maximum Gasteiger partial charge on any atom is 0.201 e. The van der Waals surface area contributed by atoms with Gasteiger partial charge in [-0.3, -0.25) is 0 Å². The van der Waals surface area contributed by atoms with Crippen molar-refractivity contribution in [2.45, 2.75) is 58.8 Å². The minimum absolute atomic E-state index is 0.0212. The second kappa shape index (κ2) is 10.6. The summed E-state index contributed by atoms with van der Waals surface area (Å²) in [6, 6.07) is 5.81. The van der Waals surface area contributed by atoms with Gasteiger partial charge in [0.25, 0.3) is 0 Å². The van der Waals surface area contributed by atoms with Crippen molar-refractivity contribution in [3.63, 3.8) is 0 Å². The first-order valence-electron chi connectivity index (χ1n) is 9.59. The molecule has 2 aromatic rings. The highest BCUT2D eigenvalue weighted by atomic mass is 35.5. The average molecular weight is 399 g/mol. The molecule has 2 rings (SSSR count). The van der Waals surface area contributed by atoms with Crippen molar-refractivity contribution in [1.82, 2.24) is 0 Å². The molecule has 0 aliphatic heterocycles. The lowest BCUT2D eigenvalue weighted by Gasteiger charge is -2.13. The van der Waals surface area contributed by atoms with Crippen LogP contribution >= 0.6 is 11.6 Å². The maximum absolute atomic E-state index is 14.7. The van der Waals surface area contributed by atoms with Crippen molar-refractivity contribution in [3.05, 3.63) is 52.3 Å². The van der Waals surface area contributed by atoms with E-state index < -0.39 is 17.5 Å². The smallest absolute Gasteiger partial charge is 0.201 e. The van der Waals surface area contributed by atoms with E-state index in [1.54, 1.807) is 6.07 Å². The third kappa shape index (κ3) is 5.41. The zero-order chi connectivity index (χ0) is 19.8. The quantitative estimate of drug-likeness (QED) is 0.372. The number of halogens is 4.